The first kappa shape index (κ1) is 13.7. The zero-order valence-electron chi connectivity index (χ0n) is 10.1. The summed E-state index contributed by atoms with van der Waals surface area (Å²) >= 11 is 11.7. The van der Waals surface area contributed by atoms with Gasteiger partial charge in [-0.05, 0) is 25.0 Å². The molecule has 1 aliphatic rings. The lowest BCUT2D eigenvalue weighted by Crippen LogP contribution is -2.14. The Labute approximate surface area is 117 Å². The molecule has 2 rings (SSSR count). The Bertz CT molecular complexity index is 426. The largest absolute Gasteiger partial charge is 0.493 e. The van der Waals surface area contributed by atoms with E-state index >= 15 is 0 Å². The molecule has 1 aromatic rings. The highest BCUT2D eigenvalue weighted by atomic mass is 35.5. The van der Waals surface area contributed by atoms with Crippen LogP contribution < -0.4 is 4.74 Å². The zero-order valence-corrected chi connectivity index (χ0v) is 11.6. The summed E-state index contributed by atoms with van der Waals surface area (Å²) in [6.45, 7) is 0.410. The van der Waals surface area contributed by atoms with E-state index in [0.29, 0.717) is 34.6 Å². The summed E-state index contributed by atoms with van der Waals surface area (Å²) in [5.41, 5.74) is 0. The molecule has 0 heterocycles. The van der Waals surface area contributed by atoms with Crippen molar-refractivity contribution in [1.82, 2.24) is 0 Å². The van der Waals surface area contributed by atoms with Crippen LogP contribution in [0, 0.1) is 5.92 Å². The Morgan fingerprint density at radius 1 is 1.22 bits per heavy atom. The highest BCUT2D eigenvalue weighted by Crippen LogP contribution is 2.28. The summed E-state index contributed by atoms with van der Waals surface area (Å²) in [4.78, 5) is 11.8. The monoisotopic (exact) mass is 286 g/mol. The van der Waals surface area contributed by atoms with Gasteiger partial charge in [0.15, 0.2) is 0 Å². The SMILES string of the molecule is O=C(CCOc1ccc(Cl)c(Cl)c1)C1CCCC1. The van der Waals surface area contributed by atoms with Gasteiger partial charge < -0.3 is 4.74 Å². The fraction of sp³-hybridized carbons (Fsp3) is 0.500. The maximum atomic E-state index is 11.8. The molecular formula is C14H16Cl2O2. The summed E-state index contributed by atoms with van der Waals surface area (Å²) in [5.74, 6) is 1.25. The molecule has 0 radical (unpaired) electrons. The molecule has 0 aromatic heterocycles. The molecule has 0 atom stereocenters. The Hall–Kier alpha value is -0.730. The van der Waals surface area contributed by atoms with Gasteiger partial charge in [-0.1, -0.05) is 36.0 Å². The summed E-state index contributed by atoms with van der Waals surface area (Å²) in [5, 5.41) is 0.974. The molecule has 1 fully saturated rings. The first-order chi connectivity index (χ1) is 8.66. The van der Waals surface area contributed by atoms with Crippen molar-refractivity contribution in [3.05, 3.63) is 28.2 Å². The quantitative estimate of drug-likeness (QED) is 0.795. The van der Waals surface area contributed by atoms with E-state index in [-0.39, 0.29) is 5.92 Å². The third kappa shape index (κ3) is 3.63. The van der Waals surface area contributed by atoms with Crippen molar-refractivity contribution in [2.45, 2.75) is 32.1 Å². The number of benzene rings is 1. The first-order valence-electron chi connectivity index (χ1n) is 6.27. The third-order valence-corrected chi connectivity index (χ3v) is 4.06. The maximum Gasteiger partial charge on any atom is 0.139 e. The maximum absolute atomic E-state index is 11.8. The van der Waals surface area contributed by atoms with Gasteiger partial charge in [0.1, 0.15) is 11.5 Å². The van der Waals surface area contributed by atoms with E-state index in [2.05, 4.69) is 0 Å². The number of rotatable bonds is 5. The number of carbonyl (C=O) groups excluding carboxylic acids is 1. The minimum Gasteiger partial charge on any atom is -0.493 e. The molecule has 2 nitrogen and oxygen atoms in total. The fourth-order valence-electron chi connectivity index (χ4n) is 2.29. The van der Waals surface area contributed by atoms with Crippen LogP contribution in [-0.4, -0.2) is 12.4 Å². The van der Waals surface area contributed by atoms with Crippen molar-refractivity contribution in [3.8, 4) is 5.75 Å². The van der Waals surface area contributed by atoms with E-state index in [9.17, 15) is 4.79 Å². The van der Waals surface area contributed by atoms with Gasteiger partial charge in [0.05, 0.1) is 16.7 Å². The molecule has 1 aromatic carbocycles. The zero-order chi connectivity index (χ0) is 13.0. The lowest BCUT2D eigenvalue weighted by molar-refractivity contribution is -0.123. The summed E-state index contributed by atoms with van der Waals surface area (Å²) in [6, 6.07) is 5.12. The minimum absolute atomic E-state index is 0.266. The van der Waals surface area contributed by atoms with Crippen LogP contribution >= 0.6 is 23.2 Å². The van der Waals surface area contributed by atoms with Crippen LogP contribution in [0.1, 0.15) is 32.1 Å². The molecule has 18 heavy (non-hydrogen) atoms. The fourth-order valence-corrected chi connectivity index (χ4v) is 2.58. The molecule has 0 saturated heterocycles. The average Bonchev–Trinajstić information content (AvgIpc) is 2.87. The second-order valence-electron chi connectivity index (χ2n) is 4.62. The van der Waals surface area contributed by atoms with Gasteiger partial charge >= 0.3 is 0 Å². The van der Waals surface area contributed by atoms with Crippen LogP contribution in [0.15, 0.2) is 18.2 Å². The highest BCUT2D eigenvalue weighted by molar-refractivity contribution is 6.42. The molecule has 0 N–H and O–H groups in total. The number of carbonyl (C=O) groups is 1. The van der Waals surface area contributed by atoms with Crippen LogP contribution in [0.5, 0.6) is 5.75 Å². The molecule has 4 heteroatoms. The van der Waals surface area contributed by atoms with Crippen LogP contribution in [0.25, 0.3) is 0 Å². The number of ketones is 1. The van der Waals surface area contributed by atoms with Gasteiger partial charge in [0, 0.05) is 18.4 Å². The van der Waals surface area contributed by atoms with Crippen LogP contribution in [-0.2, 0) is 4.79 Å². The molecule has 1 aliphatic carbocycles. The molecule has 0 unspecified atom stereocenters. The summed E-state index contributed by atoms with van der Waals surface area (Å²) < 4.78 is 5.51. The number of hydrogen-bond donors (Lipinski definition) is 0. The molecule has 0 bridgehead atoms. The highest BCUT2D eigenvalue weighted by Gasteiger charge is 2.22. The smallest absolute Gasteiger partial charge is 0.139 e. The summed E-state index contributed by atoms with van der Waals surface area (Å²) in [7, 11) is 0. The van der Waals surface area contributed by atoms with Crippen LogP contribution in [0.4, 0.5) is 0 Å². The Balaban J connectivity index is 1.77. The average molecular weight is 287 g/mol. The predicted octanol–water partition coefficient (Wildman–Crippen LogP) is 4.52. The van der Waals surface area contributed by atoms with Crippen molar-refractivity contribution in [2.75, 3.05) is 6.61 Å². The second kappa shape index (κ2) is 6.44. The van der Waals surface area contributed by atoms with Crippen molar-refractivity contribution >= 4 is 29.0 Å². The Morgan fingerprint density at radius 3 is 2.61 bits per heavy atom. The standard InChI is InChI=1S/C14H16Cl2O2/c15-12-6-5-11(9-13(12)16)18-8-7-14(17)10-3-1-2-4-10/h5-6,9-10H,1-4,7-8H2. The van der Waals surface area contributed by atoms with Gasteiger partial charge in [-0.15, -0.1) is 0 Å². The topological polar surface area (TPSA) is 26.3 Å². The molecule has 0 aliphatic heterocycles. The van der Waals surface area contributed by atoms with Crippen LogP contribution in [0.3, 0.4) is 0 Å². The number of hydrogen-bond acceptors (Lipinski definition) is 2. The van der Waals surface area contributed by atoms with Gasteiger partial charge in [-0.2, -0.15) is 0 Å². The predicted molar refractivity (Wildman–Crippen MR) is 73.5 cm³/mol. The van der Waals surface area contributed by atoms with E-state index in [1.807, 2.05) is 0 Å². The van der Waals surface area contributed by atoms with Crippen LogP contribution in [0.2, 0.25) is 10.0 Å². The molecule has 0 amide bonds. The molecular weight excluding hydrogens is 271 g/mol. The number of ether oxygens (including phenoxy) is 1. The summed E-state index contributed by atoms with van der Waals surface area (Å²) in [6.07, 6.45) is 4.94. The van der Waals surface area contributed by atoms with E-state index < -0.39 is 0 Å². The Morgan fingerprint density at radius 2 is 1.94 bits per heavy atom. The van der Waals surface area contributed by atoms with E-state index in [1.54, 1.807) is 18.2 Å². The molecule has 0 spiro atoms. The van der Waals surface area contributed by atoms with Crippen molar-refractivity contribution in [2.24, 2.45) is 5.92 Å². The number of halogens is 2. The normalized spacial score (nSPS) is 15.9. The molecule has 1 saturated carbocycles. The van der Waals surface area contributed by atoms with E-state index in [0.717, 1.165) is 12.8 Å². The van der Waals surface area contributed by atoms with Crippen molar-refractivity contribution in [3.63, 3.8) is 0 Å². The van der Waals surface area contributed by atoms with E-state index in [1.165, 1.54) is 12.8 Å². The van der Waals surface area contributed by atoms with Gasteiger partial charge in [-0.25, -0.2) is 0 Å². The lowest BCUT2D eigenvalue weighted by Gasteiger charge is -2.09. The van der Waals surface area contributed by atoms with Gasteiger partial charge in [0.25, 0.3) is 0 Å². The van der Waals surface area contributed by atoms with E-state index in [4.69, 9.17) is 27.9 Å². The van der Waals surface area contributed by atoms with Gasteiger partial charge in [-0.3, -0.25) is 4.79 Å². The van der Waals surface area contributed by atoms with Gasteiger partial charge in [0.2, 0.25) is 0 Å². The number of Topliss-reactive ketones (excluding diaryl/α,β-unsaturated/α-hetero) is 1. The van der Waals surface area contributed by atoms with Crippen molar-refractivity contribution < 1.29 is 9.53 Å². The molecule has 98 valence electrons. The van der Waals surface area contributed by atoms with Crippen molar-refractivity contribution in [1.29, 1.82) is 0 Å². The minimum atomic E-state index is 0.266. The Kier molecular flexibility index (Phi) is 4.90. The third-order valence-electron chi connectivity index (χ3n) is 3.32. The first-order valence-corrected chi connectivity index (χ1v) is 7.03. The second-order valence-corrected chi connectivity index (χ2v) is 5.44. The lowest BCUT2D eigenvalue weighted by atomic mass is 10.0.